The van der Waals surface area contributed by atoms with E-state index in [4.69, 9.17) is 9.52 Å². The van der Waals surface area contributed by atoms with E-state index < -0.39 is 6.10 Å². The number of aliphatic hydroxyl groups excluding tert-OH is 2. The van der Waals surface area contributed by atoms with Crippen molar-refractivity contribution in [2.24, 2.45) is 0 Å². The molecule has 0 aliphatic heterocycles. The number of nitrogens with one attached hydrogen (secondary N) is 1. The van der Waals surface area contributed by atoms with Crippen LogP contribution < -0.4 is 5.32 Å². The van der Waals surface area contributed by atoms with Gasteiger partial charge in [0.25, 0.3) is 0 Å². The molecule has 0 aliphatic rings. The molecule has 4 nitrogen and oxygen atoms in total. The predicted octanol–water partition coefficient (Wildman–Crippen LogP) is 1.06. The number of furan rings is 1. The first-order valence-electron chi connectivity index (χ1n) is 5.30. The van der Waals surface area contributed by atoms with Gasteiger partial charge in [0.2, 0.25) is 0 Å². The predicted molar refractivity (Wildman–Crippen MR) is 57.5 cm³/mol. The van der Waals surface area contributed by atoms with Crippen LogP contribution in [0.1, 0.15) is 31.6 Å². The minimum absolute atomic E-state index is 0.248. The fraction of sp³-hybridized carbons (Fsp3) is 0.636. The van der Waals surface area contributed by atoms with Gasteiger partial charge in [0, 0.05) is 6.54 Å². The third kappa shape index (κ3) is 4.97. The van der Waals surface area contributed by atoms with Gasteiger partial charge >= 0.3 is 0 Å². The van der Waals surface area contributed by atoms with Gasteiger partial charge in [0.1, 0.15) is 11.9 Å². The molecule has 3 N–H and O–H groups in total. The smallest absolute Gasteiger partial charge is 0.133 e. The minimum atomic E-state index is -0.591. The van der Waals surface area contributed by atoms with Gasteiger partial charge in [-0.25, -0.2) is 0 Å². The van der Waals surface area contributed by atoms with Crippen LogP contribution in [0, 0.1) is 0 Å². The van der Waals surface area contributed by atoms with Crippen LogP contribution in [0.4, 0.5) is 0 Å². The SMILES string of the molecule is CC(O)CCCNCC(O)c1ccco1. The molecule has 2 atom stereocenters. The highest BCUT2D eigenvalue weighted by Gasteiger charge is 2.08. The highest BCUT2D eigenvalue weighted by molar-refractivity contribution is 5.01. The number of aliphatic hydroxyl groups is 2. The lowest BCUT2D eigenvalue weighted by atomic mass is 10.2. The Labute approximate surface area is 89.9 Å². The van der Waals surface area contributed by atoms with E-state index in [1.54, 1.807) is 25.3 Å². The molecule has 0 saturated carbocycles. The third-order valence-electron chi connectivity index (χ3n) is 2.18. The first kappa shape index (κ1) is 12.2. The van der Waals surface area contributed by atoms with Gasteiger partial charge in [0.15, 0.2) is 0 Å². The van der Waals surface area contributed by atoms with E-state index in [1.807, 2.05) is 0 Å². The molecule has 0 aliphatic carbocycles. The minimum Gasteiger partial charge on any atom is -0.467 e. The summed E-state index contributed by atoms with van der Waals surface area (Å²) >= 11 is 0. The van der Waals surface area contributed by atoms with E-state index in [0.29, 0.717) is 12.3 Å². The molecule has 0 saturated heterocycles. The van der Waals surface area contributed by atoms with Gasteiger partial charge in [-0.2, -0.15) is 0 Å². The van der Waals surface area contributed by atoms with Gasteiger partial charge < -0.3 is 19.9 Å². The molecule has 15 heavy (non-hydrogen) atoms. The molecule has 0 aromatic carbocycles. The van der Waals surface area contributed by atoms with Gasteiger partial charge in [-0.1, -0.05) is 0 Å². The monoisotopic (exact) mass is 213 g/mol. The second-order valence-corrected chi connectivity index (χ2v) is 3.73. The summed E-state index contributed by atoms with van der Waals surface area (Å²) in [5.74, 6) is 0.582. The molecule has 0 bridgehead atoms. The van der Waals surface area contributed by atoms with Gasteiger partial charge in [-0.05, 0) is 38.4 Å². The summed E-state index contributed by atoms with van der Waals surface area (Å²) in [4.78, 5) is 0. The number of rotatable bonds is 7. The van der Waals surface area contributed by atoms with Crippen LogP contribution in [-0.2, 0) is 0 Å². The van der Waals surface area contributed by atoms with Gasteiger partial charge in [-0.3, -0.25) is 0 Å². The molecule has 0 radical (unpaired) electrons. The fourth-order valence-electron chi connectivity index (χ4n) is 1.34. The molecule has 1 aromatic heterocycles. The molecule has 1 aromatic rings. The van der Waals surface area contributed by atoms with E-state index in [-0.39, 0.29) is 6.10 Å². The largest absolute Gasteiger partial charge is 0.467 e. The molecule has 0 fully saturated rings. The van der Waals surface area contributed by atoms with Crippen molar-refractivity contribution in [1.29, 1.82) is 0 Å². The van der Waals surface area contributed by atoms with Crippen LogP contribution in [0.25, 0.3) is 0 Å². The van der Waals surface area contributed by atoms with Gasteiger partial charge in [0.05, 0.1) is 12.4 Å². The first-order chi connectivity index (χ1) is 7.20. The van der Waals surface area contributed by atoms with Crippen LogP contribution in [0.3, 0.4) is 0 Å². The summed E-state index contributed by atoms with van der Waals surface area (Å²) in [6, 6.07) is 3.51. The lowest BCUT2D eigenvalue weighted by Crippen LogP contribution is -2.22. The Morgan fingerprint density at radius 1 is 1.47 bits per heavy atom. The van der Waals surface area contributed by atoms with Crippen LogP contribution in [0.2, 0.25) is 0 Å². The maximum atomic E-state index is 9.61. The Morgan fingerprint density at radius 2 is 2.27 bits per heavy atom. The van der Waals surface area contributed by atoms with E-state index in [2.05, 4.69) is 5.32 Å². The Morgan fingerprint density at radius 3 is 2.87 bits per heavy atom. The average molecular weight is 213 g/mol. The topological polar surface area (TPSA) is 65.6 Å². The van der Waals surface area contributed by atoms with E-state index in [1.165, 1.54) is 0 Å². The molecular formula is C11H19NO3. The first-order valence-corrected chi connectivity index (χ1v) is 5.30. The summed E-state index contributed by atoms with van der Waals surface area (Å²) < 4.78 is 5.06. The summed E-state index contributed by atoms with van der Waals surface area (Å²) in [5.41, 5.74) is 0. The number of hydrogen-bond donors (Lipinski definition) is 3. The van der Waals surface area contributed by atoms with E-state index >= 15 is 0 Å². The molecular weight excluding hydrogens is 194 g/mol. The lowest BCUT2D eigenvalue weighted by Gasteiger charge is -2.09. The van der Waals surface area contributed by atoms with Crippen molar-refractivity contribution in [1.82, 2.24) is 5.32 Å². The fourth-order valence-corrected chi connectivity index (χ4v) is 1.34. The second-order valence-electron chi connectivity index (χ2n) is 3.73. The van der Waals surface area contributed by atoms with Crippen molar-refractivity contribution in [2.75, 3.05) is 13.1 Å². The van der Waals surface area contributed by atoms with Crippen LogP contribution in [-0.4, -0.2) is 29.4 Å². The average Bonchev–Trinajstić information content (AvgIpc) is 2.69. The third-order valence-corrected chi connectivity index (χ3v) is 2.18. The quantitative estimate of drug-likeness (QED) is 0.593. The van der Waals surface area contributed by atoms with Gasteiger partial charge in [-0.15, -0.1) is 0 Å². The zero-order valence-electron chi connectivity index (χ0n) is 9.02. The molecule has 4 heteroatoms. The molecule has 0 spiro atoms. The van der Waals surface area contributed by atoms with Crippen molar-refractivity contribution in [3.63, 3.8) is 0 Å². The maximum absolute atomic E-state index is 9.61. The number of hydrogen-bond acceptors (Lipinski definition) is 4. The highest BCUT2D eigenvalue weighted by Crippen LogP contribution is 2.11. The Bertz CT molecular complexity index is 246. The second kappa shape index (κ2) is 6.61. The molecule has 1 rings (SSSR count). The van der Waals surface area contributed by atoms with Crippen LogP contribution in [0.5, 0.6) is 0 Å². The Hall–Kier alpha value is -0.840. The zero-order chi connectivity index (χ0) is 11.1. The Balaban J connectivity index is 2.05. The molecule has 0 amide bonds. The summed E-state index contributed by atoms with van der Waals surface area (Å²) in [6.45, 7) is 3.05. The summed E-state index contributed by atoms with van der Waals surface area (Å²) in [7, 11) is 0. The normalized spacial score (nSPS) is 15.1. The molecule has 2 unspecified atom stereocenters. The molecule has 86 valence electrons. The highest BCUT2D eigenvalue weighted by atomic mass is 16.4. The van der Waals surface area contributed by atoms with Crippen LogP contribution >= 0.6 is 0 Å². The van der Waals surface area contributed by atoms with Crippen molar-refractivity contribution in [3.8, 4) is 0 Å². The summed E-state index contributed by atoms with van der Waals surface area (Å²) in [6.07, 6.45) is 2.40. The zero-order valence-corrected chi connectivity index (χ0v) is 9.02. The van der Waals surface area contributed by atoms with E-state index in [9.17, 15) is 5.11 Å². The molecule has 1 heterocycles. The lowest BCUT2D eigenvalue weighted by molar-refractivity contribution is 0.146. The maximum Gasteiger partial charge on any atom is 0.133 e. The standard InChI is InChI=1S/C11H19NO3/c1-9(13)4-2-6-12-8-10(14)11-5-3-7-15-11/h3,5,7,9-10,12-14H,2,4,6,8H2,1H3. The van der Waals surface area contributed by atoms with Crippen molar-refractivity contribution in [2.45, 2.75) is 32.0 Å². The summed E-state index contributed by atoms with van der Waals surface area (Å²) in [5, 5.41) is 21.7. The van der Waals surface area contributed by atoms with Crippen molar-refractivity contribution in [3.05, 3.63) is 24.2 Å². The van der Waals surface area contributed by atoms with Crippen molar-refractivity contribution >= 4 is 0 Å². The van der Waals surface area contributed by atoms with E-state index in [0.717, 1.165) is 19.4 Å². The Kier molecular flexibility index (Phi) is 5.39. The van der Waals surface area contributed by atoms with Crippen molar-refractivity contribution < 1.29 is 14.6 Å². The van der Waals surface area contributed by atoms with Crippen LogP contribution in [0.15, 0.2) is 22.8 Å².